The van der Waals surface area contributed by atoms with Crippen molar-refractivity contribution in [1.82, 2.24) is 0 Å². The van der Waals surface area contributed by atoms with Crippen LogP contribution in [0.4, 0.5) is 0 Å². The van der Waals surface area contributed by atoms with E-state index in [1.807, 2.05) is 0 Å². The normalized spacial score (nSPS) is 14.4. The molecule has 0 radical (unpaired) electrons. The highest BCUT2D eigenvalue weighted by molar-refractivity contribution is 5.79. The van der Waals surface area contributed by atoms with E-state index in [9.17, 15) is 4.79 Å². The summed E-state index contributed by atoms with van der Waals surface area (Å²) in [7, 11) is 1.67. The molecule has 0 bridgehead atoms. The second kappa shape index (κ2) is 4.69. The van der Waals surface area contributed by atoms with E-state index in [-0.39, 0.29) is 5.78 Å². The van der Waals surface area contributed by atoms with Gasteiger partial charge in [-0.2, -0.15) is 0 Å². The molecule has 1 aromatic carbocycles. The van der Waals surface area contributed by atoms with Crippen molar-refractivity contribution in [2.24, 2.45) is 0 Å². The highest BCUT2D eigenvalue weighted by atomic mass is 16.5. The first-order valence-corrected chi connectivity index (χ1v) is 5.89. The predicted octanol–water partition coefficient (Wildman–Crippen LogP) is 2.71. The average molecular weight is 218 g/mol. The van der Waals surface area contributed by atoms with Crippen LogP contribution in [0, 0.1) is 0 Å². The van der Waals surface area contributed by atoms with E-state index < -0.39 is 0 Å². The number of ketones is 1. The van der Waals surface area contributed by atoms with Crippen molar-refractivity contribution in [2.45, 2.75) is 39.0 Å². The van der Waals surface area contributed by atoms with Crippen molar-refractivity contribution >= 4 is 5.78 Å². The van der Waals surface area contributed by atoms with Gasteiger partial charge in [-0.1, -0.05) is 6.07 Å². The summed E-state index contributed by atoms with van der Waals surface area (Å²) < 4.78 is 5.36. The van der Waals surface area contributed by atoms with Crippen LogP contribution in [-0.2, 0) is 24.1 Å². The number of fused-ring (bicyclic) bond motifs is 1. The monoisotopic (exact) mass is 218 g/mol. The molecule has 2 rings (SSSR count). The van der Waals surface area contributed by atoms with Crippen molar-refractivity contribution in [3.8, 4) is 5.75 Å². The van der Waals surface area contributed by atoms with Gasteiger partial charge in [0.15, 0.2) is 0 Å². The Labute approximate surface area is 96.6 Å². The lowest BCUT2D eigenvalue weighted by atomic mass is 9.89. The third-order valence-electron chi connectivity index (χ3n) is 3.18. The quantitative estimate of drug-likeness (QED) is 0.779. The zero-order chi connectivity index (χ0) is 11.5. The Balaban J connectivity index is 2.39. The minimum absolute atomic E-state index is 0.189. The molecule has 0 amide bonds. The van der Waals surface area contributed by atoms with E-state index in [0.717, 1.165) is 24.2 Å². The summed E-state index contributed by atoms with van der Waals surface area (Å²) in [6, 6.07) is 4.28. The summed E-state index contributed by atoms with van der Waals surface area (Å²) in [5.74, 6) is 1.06. The molecule has 0 aromatic heterocycles. The van der Waals surface area contributed by atoms with Crippen LogP contribution in [0.3, 0.4) is 0 Å². The maximum atomic E-state index is 11.2. The van der Waals surface area contributed by atoms with Crippen molar-refractivity contribution in [3.63, 3.8) is 0 Å². The van der Waals surface area contributed by atoms with Crippen LogP contribution in [0.15, 0.2) is 12.1 Å². The maximum absolute atomic E-state index is 11.2. The Hall–Kier alpha value is -1.31. The van der Waals surface area contributed by atoms with Crippen LogP contribution in [0.5, 0.6) is 5.75 Å². The van der Waals surface area contributed by atoms with Gasteiger partial charge in [-0.25, -0.2) is 0 Å². The zero-order valence-corrected chi connectivity index (χ0v) is 10.0. The minimum Gasteiger partial charge on any atom is -0.496 e. The Morgan fingerprint density at radius 2 is 1.88 bits per heavy atom. The second-order valence-electron chi connectivity index (χ2n) is 4.52. The number of benzene rings is 1. The Bertz CT molecular complexity index is 407. The van der Waals surface area contributed by atoms with Crippen molar-refractivity contribution < 1.29 is 9.53 Å². The molecule has 0 aliphatic heterocycles. The van der Waals surface area contributed by atoms with Crippen LogP contribution >= 0.6 is 0 Å². The molecule has 0 N–H and O–H groups in total. The smallest absolute Gasteiger partial charge is 0.134 e. The average Bonchev–Trinajstić information content (AvgIpc) is 2.27. The number of methoxy groups -OCH3 is 1. The Morgan fingerprint density at radius 1 is 1.25 bits per heavy atom. The van der Waals surface area contributed by atoms with E-state index >= 15 is 0 Å². The molecule has 0 heterocycles. The largest absolute Gasteiger partial charge is 0.496 e. The first-order chi connectivity index (χ1) is 7.70. The van der Waals surface area contributed by atoms with Gasteiger partial charge in [-0.15, -0.1) is 0 Å². The number of hydrogen-bond donors (Lipinski definition) is 0. The molecule has 1 aromatic rings. The van der Waals surface area contributed by atoms with Gasteiger partial charge in [0.25, 0.3) is 0 Å². The van der Waals surface area contributed by atoms with E-state index in [4.69, 9.17) is 4.74 Å². The van der Waals surface area contributed by atoms with Crippen molar-refractivity contribution in [2.75, 3.05) is 7.11 Å². The van der Waals surface area contributed by atoms with Crippen molar-refractivity contribution in [1.29, 1.82) is 0 Å². The first-order valence-electron chi connectivity index (χ1n) is 5.89. The van der Waals surface area contributed by atoms with Gasteiger partial charge < -0.3 is 4.74 Å². The fourth-order valence-corrected chi connectivity index (χ4v) is 2.41. The maximum Gasteiger partial charge on any atom is 0.134 e. The molecule has 2 nitrogen and oxygen atoms in total. The summed E-state index contributed by atoms with van der Waals surface area (Å²) >= 11 is 0. The van der Waals surface area contributed by atoms with E-state index in [0.29, 0.717) is 6.42 Å². The standard InChI is InChI=1S/C14H18O2/c1-10(15)7-13-8-11-5-3-4-6-12(11)9-14(13)16-2/h8-9H,3-7H2,1-2H3. The van der Waals surface area contributed by atoms with E-state index in [1.54, 1.807) is 14.0 Å². The van der Waals surface area contributed by atoms with Gasteiger partial charge in [0.1, 0.15) is 11.5 Å². The molecule has 0 atom stereocenters. The predicted molar refractivity (Wildman–Crippen MR) is 64.0 cm³/mol. The summed E-state index contributed by atoms with van der Waals surface area (Å²) in [4.78, 5) is 11.2. The van der Waals surface area contributed by atoms with Crippen LogP contribution in [-0.4, -0.2) is 12.9 Å². The lowest BCUT2D eigenvalue weighted by Crippen LogP contribution is -2.07. The van der Waals surface area contributed by atoms with E-state index in [2.05, 4.69) is 12.1 Å². The highest BCUT2D eigenvalue weighted by Gasteiger charge is 2.14. The van der Waals surface area contributed by atoms with Crippen LogP contribution < -0.4 is 4.74 Å². The zero-order valence-electron chi connectivity index (χ0n) is 10.0. The number of ether oxygens (including phenoxy) is 1. The SMILES string of the molecule is COc1cc2c(cc1CC(C)=O)CCCC2. The molecule has 1 aliphatic rings. The molecular formula is C14H18O2. The second-order valence-corrected chi connectivity index (χ2v) is 4.52. The molecule has 0 unspecified atom stereocenters. The summed E-state index contributed by atoms with van der Waals surface area (Å²) in [6.07, 6.45) is 5.30. The number of rotatable bonds is 3. The third-order valence-corrected chi connectivity index (χ3v) is 3.18. The van der Waals surface area contributed by atoms with Crippen LogP contribution in [0.1, 0.15) is 36.5 Å². The van der Waals surface area contributed by atoms with Crippen molar-refractivity contribution in [3.05, 3.63) is 28.8 Å². The van der Waals surface area contributed by atoms with Gasteiger partial charge in [0.2, 0.25) is 0 Å². The van der Waals surface area contributed by atoms with Gasteiger partial charge in [0, 0.05) is 12.0 Å². The molecule has 1 aliphatic carbocycles. The molecule has 0 saturated carbocycles. The van der Waals surface area contributed by atoms with Crippen LogP contribution in [0.2, 0.25) is 0 Å². The number of carbonyl (C=O) groups excluding carboxylic acids is 1. The molecule has 2 heteroatoms. The third kappa shape index (κ3) is 2.26. The molecule has 16 heavy (non-hydrogen) atoms. The molecule has 86 valence electrons. The fraction of sp³-hybridized carbons (Fsp3) is 0.500. The molecular weight excluding hydrogens is 200 g/mol. The van der Waals surface area contributed by atoms with Gasteiger partial charge >= 0.3 is 0 Å². The lowest BCUT2D eigenvalue weighted by molar-refractivity contribution is -0.116. The molecule has 0 saturated heterocycles. The first kappa shape index (κ1) is 11.2. The number of hydrogen-bond acceptors (Lipinski definition) is 2. The Kier molecular flexibility index (Phi) is 3.28. The molecule has 0 spiro atoms. The van der Waals surface area contributed by atoms with Gasteiger partial charge in [-0.3, -0.25) is 4.79 Å². The minimum atomic E-state index is 0.189. The van der Waals surface area contributed by atoms with E-state index in [1.165, 1.54) is 24.0 Å². The van der Waals surface area contributed by atoms with Gasteiger partial charge in [0.05, 0.1) is 7.11 Å². The summed E-state index contributed by atoms with van der Waals surface area (Å²) in [5, 5.41) is 0. The summed E-state index contributed by atoms with van der Waals surface area (Å²) in [5.41, 5.74) is 3.84. The number of Topliss-reactive ketones (excluding diaryl/α,β-unsaturated/α-hetero) is 1. The topological polar surface area (TPSA) is 26.3 Å². The van der Waals surface area contributed by atoms with Crippen LogP contribution in [0.25, 0.3) is 0 Å². The Morgan fingerprint density at radius 3 is 2.44 bits per heavy atom. The fourth-order valence-electron chi connectivity index (χ4n) is 2.41. The highest BCUT2D eigenvalue weighted by Crippen LogP contribution is 2.29. The number of carbonyl (C=O) groups is 1. The molecule has 0 fully saturated rings. The lowest BCUT2D eigenvalue weighted by Gasteiger charge is -2.18. The van der Waals surface area contributed by atoms with Gasteiger partial charge in [-0.05, 0) is 49.8 Å². The number of aryl methyl sites for hydroxylation is 2. The summed E-state index contributed by atoms with van der Waals surface area (Å²) in [6.45, 7) is 1.62.